The maximum Gasteiger partial charge on any atom is 0.240 e. The molecule has 6 heteroatoms. The first-order chi connectivity index (χ1) is 10.6. The van der Waals surface area contributed by atoms with Crippen molar-refractivity contribution >= 4 is 11.7 Å². The summed E-state index contributed by atoms with van der Waals surface area (Å²) in [5.41, 5.74) is 7.98. The van der Waals surface area contributed by atoms with E-state index < -0.39 is 17.8 Å². The molecule has 2 N–H and O–H groups in total. The first-order valence-corrected chi connectivity index (χ1v) is 7.24. The maximum absolute atomic E-state index is 14.6. The number of nitrogens with two attached hydrogens (primary N) is 1. The summed E-state index contributed by atoms with van der Waals surface area (Å²) in [6.07, 6.45) is 2.25. The fourth-order valence-corrected chi connectivity index (χ4v) is 2.84. The van der Waals surface area contributed by atoms with E-state index in [1.807, 2.05) is 31.2 Å². The van der Waals surface area contributed by atoms with Gasteiger partial charge in [0.05, 0.1) is 5.69 Å². The van der Waals surface area contributed by atoms with Crippen molar-refractivity contribution < 1.29 is 9.18 Å². The Morgan fingerprint density at radius 1 is 1.36 bits per heavy atom. The Morgan fingerprint density at radius 3 is 2.77 bits per heavy atom. The number of benzene rings is 1. The van der Waals surface area contributed by atoms with Crippen LogP contribution in [0.25, 0.3) is 0 Å². The van der Waals surface area contributed by atoms with E-state index in [-0.39, 0.29) is 5.82 Å². The fraction of sp³-hybridized carbons (Fsp3) is 0.312. The zero-order valence-corrected chi connectivity index (χ0v) is 12.3. The highest BCUT2D eigenvalue weighted by molar-refractivity contribution is 5.84. The first kappa shape index (κ1) is 14.4. The second-order valence-electron chi connectivity index (χ2n) is 5.33. The number of nitrogens with zero attached hydrogens (tertiary/aromatic N) is 3. The number of primary amides is 1. The topological polar surface area (TPSA) is 72.1 Å². The third-order valence-corrected chi connectivity index (χ3v) is 4.03. The lowest BCUT2D eigenvalue weighted by atomic mass is 9.93. The van der Waals surface area contributed by atoms with Gasteiger partial charge in [-0.05, 0) is 17.5 Å². The molecule has 1 atom stereocenters. The van der Waals surface area contributed by atoms with E-state index in [0.29, 0.717) is 25.1 Å². The average molecular weight is 300 g/mol. The lowest BCUT2D eigenvalue weighted by Gasteiger charge is -2.36. The van der Waals surface area contributed by atoms with Gasteiger partial charge in [0.15, 0.2) is 11.6 Å². The highest BCUT2D eigenvalue weighted by Crippen LogP contribution is 2.29. The molecule has 0 fully saturated rings. The van der Waals surface area contributed by atoms with Gasteiger partial charge >= 0.3 is 0 Å². The van der Waals surface area contributed by atoms with Gasteiger partial charge in [-0.1, -0.05) is 31.2 Å². The predicted octanol–water partition coefficient (Wildman–Crippen LogP) is 1.59. The van der Waals surface area contributed by atoms with Gasteiger partial charge in [0.2, 0.25) is 5.91 Å². The van der Waals surface area contributed by atoms with E-state index in [4.69, 9.17) is 5.73 Å². The SMILES string of the molecule is CCc1ncnc(N2Cc3ccccc3C[C@@H]2C(N)=O)c1F. The maximum atomic E-state index is 14.6. The van der Waals surface area contributed by atoms with Crippen LogP contribution in [0.5, 0.6) is 0 Å². The summed E-state index contributed by atoms with van der Waals surface area (Å²) >= 11 is 0. The van der Waals surface area contributed by atoms with Crippen LogP contribution in [0.3, 0.4) is 0 Å². The van der Waals surface area contributed by atoms with Gasteiger partial charge in [-0.25, -0.2) is 14.4 Å². The summed E-state index contributed by atoms with van der Waals surface area (Å²) < 4.78 is 14.6. The number of carbonyl (C=O) groups is 1. The minimum atomic E-state index is -0.607. The second-order valence-corrected chi connectivity index (χ2v) is 5.33. The highest BCUT2D eigenvalue weighted by Gasteiger charge is 2.33. The number of carbonyl (C=O) groups excluding carboxylic acids is 1. The van der Waals surface area contributed by atoms with E-state index in [0.717, 1.165) is 11.1 Å². The Bertz CT molecular complexity index is 719. The summed E-state index contributed by atoms with van der Waals surface area (Å²) in [4.78, 5) is 21.5. The van der Waals surface area contributed by atoms with Crippen molar-refractivity contribution in [2.24, 2.45) is 5.73 Å². The number of hydrogen-bond acceptors (Lipinski definition) is 4. The number of aromatic nitrogens is 2. The molecule has 22 heavy (non-hydrogen) atoms. The molecule has 3 rings (SSSR count). The Hall–Kier alpha value is -2.50. The largest absolute Gasteiger partial charge is 0.368 e. The minimum absolute atomic E-state index is 0.144. The van der Waals surface area contributed by atoms with Crippen LogP contribution in [0.4, 0.5) is 10.2 Å². The zero-order chi connectivity index (χ0) is 15.7. The Kier molecular flexibility index (Phi) is 3.75. The van der Waals surface area contributed by atoms with Gasteiger partial charge in [0, 0.05) is 13.0 Å². The summed E-state index contributed by atoms with van der Waals surface area (Å²) in [7, 11) is 0. The normalized spacial score (nSPS) is 17.2. The van der Waals surface area contributed by atoms with Crippen LogP contribution in [0.15, 0.2) is 30.6 Å². The van der Waals surface area contributed by atoms with Crippen molar-refractivity contribution in [3.63, 3.8) is 0 Å². The second kappa shape index (κ2) is 5.71. The van der Waals surface area contributed by atoms with E-state index in [1.54, 1.807) is 4.90 Å². The van der Waals surface area contributed by atoms with Gasteiger partial charge in [0.1, 0.15) is 12.4 Å². The van der Waals surface area contributed by atoms with Gasteiger partial charge in [0.25, 0.3) is 0 Å². The van der Waals surface area contributed by atoms with Crippen molar-refractivity contribution in [1.29, 1.82) is 0 Å². The van der Waals surface area contributed by atoms with Crippen LogP contribution in [-0.2, 0) is 24.2 Å². The molecule has 1 aromatic heterocycles. The molecule has 0 bridgehead atoms. The van der Waals surface area contributed by atoms with Crippen molar-refractivity contribution in [3.05, 3.63) is 53.2 Å². The summed E-state index contributed by atoms with van der Waals surface area (Å²) in [5.74, 6) is -0.814. The molecule has 0 radical (unpaired) electrons. The molecule has 1 aliphatic rings. The van der Waals surface area contributed by atoms with E-state index in [1.165, 1.54) is 6.33 Å². The quantitative estimate of drug-likeness (QED) is 0.934. The molecule has 1 aliphatic heterocycles. The molecule has 2 aromatic rings. The Labute approximate surface area is 128 Å². The highest BCUT2D eigenvalue weighted by atomic mass is 19.1. The number of aryl methyl sites for hydroxylation is 1. The predicted molar refractivity (Wildman–Crippen MR) is 80.7 cm³/mol. The monoisotopic (exact) mass is 300 g/mol. The number of fused-ring (bicyclic) bond motifs is 1. The van der Waals surface area contributed by atoms with Gasteiger partial charge in [-0.3, -0.25) is 4.79 Å². The number of anilines is 1. The standard InChI is InChI=1S/C16H17FN4O/c1-2-12-14(17)16(20-9-19-12)21-8-11-6-4-3-5-10(11)7-13(21)15(18)22/h3-6,9,13H,2,7-8H2,1H3,(H2,18,22)/t13-/m1/s1. The smallest absolute Gasteiger partial charge is 0.240 e. The van der Waals surface area contributed by atoms with Gasteiger partial charge < -0.3 is 10.6 Å². The van der Waals surface area contributed by atoms with Crippen LogP contribution in [0, 0.1) is 5.82 Å². The van der Waals surface area contributed by atoms with Crippen molar-refractivity contribution in [1.82, 2.24) is 9.97 Å². The Morgan fingerprint density at radius 2 is 2.09 bits per heavy atom. The zero-order valence-electron chi connectivity index (χ0n) is 12.3. The molecule has 1 aromatic carbocycles. The minimum Gasteiger partial charge on any atom is -0.368 e. The lowest BCUT2D eigenvalue weighted by Crippen LogP contribution is -2.49. The first-order valence-electron chi connectivity index (χ1n) is 7.24. The van der Waals surface area contributed by atoms with E-state index in [9.17, 15) is 9.18 Å². The third-order valence-electron chi connectivity index (χ3n) is 4.03. The van der Waals surface area contributed by atoms with Crippen molar-refractivity contribution in [2.45, 2.75) is 32.4 Å². The molecular formula is C16H17FN4O. The molecule has 0 saturated heterocycles. The number of rotatable bonds is 3. The van der Waals surface area contributed by atoms with Gasteiger partial charge in [-0.2, -0.15) is 0 Å². The number of hydrogen-bond donors (Lipinski definition) is 1. The van der Waals surface area contributed by atoms with E-state index >= 15 is 0 Å². The molecule has 1 amide bonds. The molecule has 114 valence electrons. The van der Waals surface area contributed by atoms with Crippen LogP contribution < -0.4 is 10.6 Å². The third kappa shape index (κ3) is 2.41. The molecule has 0 spiro atoms. The van der Waals surface area contributed by atoms with E-state index in [2.05, 4.69) is 9.97 Å². The number of halogens is 1. The molecular weight excluding hydrogens is 283 g/mol. The fourth-order valence-electron chi connectivity index (χ4n) is 2.84. The number of amides is 1. The molecule has 0 unspecified atom stereocenters. The molecule has 5 nitrogen and oxygen atoms in total. The van der Waals surface area contributed by atoms with Crippen LogP contribution in [0.1, 0.15) is 23.7 Å². The van der Waals surface area contributed by atoms with Crippen LogP contribution >= 0.6 is 0 Å². The summed E-state index contributed by atoms with van der Waals surface area (Å²) in [6.45, 7) is 2.23. The van der Waals surface area contributed by atoms with Crippen LogP contribution in [-0.4, -0.2) is 21.9 Å². The summed E-state index contributed by atoms with van der Waals surface area (Å²) in [5, 5.41) is 0. The molecule has 2 heterocycles. The summed E-state index contributed by atoms with van der Waals surface area (Å²) in [6, 6.07) is 7.18. The van der Waals surface area contributed by atoms with Crippen LogP contribution in [0.2, 0.25) is 0 Å². The Balaban J connectivity index is 2.07. The van der Waals surface area contributed by atoms with Crippen molar-refractivity contribution in [2.75, 3.05) is 4.90 Å². The van der Waals surface area contributed by atoms with Crippen molar-refractivity contribution in [3.8, 4) is 0 Å². The average Bonchev–Trinajstić information content (AvgIpc) is 2.54. The van der Waals surface area contributed by atoms with Gasteiger partial charge in [-0.15, -0.1) is 0 Å². The molecule has 0 saturated carbocycles. The lowest BCUT2D eigenvalue weighted by molar-refractivity contribution is -0.119. The molecule has 0 aliphatic carbocycles.